The summed E-state index contributed by atoms with van der Waals surface area (Å²) in [4.78, 5) is 0. The number of aliphatic hydroxyl groups is 1. The number of hydrogen-bond donors (Lipinski definition) is 1. The van der Waals surface area contributed by atoms with Gasteiger partial charge in [-0.2, -0.15) is 13.2 Å². The van der Waals surface area contributed by atoms with E-state index in [1.807, 2.05) is 31.2 Å². The summed E-state index contributed by atoms with van der Waals surface area (Å²) in [5.41, 5.74) is 1.28. The van der Waals surface area contributed by atoms with Crippen molar-refractivity contribution in [1.29, 1.82) is 0 Å². The van der Waals surface area contributed by atoms with Gasteiger partial charge in [-0.15, -0.1) is 0 Å². The highest BCUT2D eigenvalue weighted by Crippen LogP contribution is 2.28. The van der Waals surface area contributed by atoms with Crippen LogP contribution in [0.15, 0.2) is 54.6 Å². The fourth-order valence-corrected chi connectivity index (χ4v) is 3.56. The Morgan fingerprint density at radius 3 is 1.97 bits per heavy atom. The van der Waals surface area contributed by atoms with Crippen LogP contribution in [0.2, 0.25) is 0 Å². The number of halogens is 6. The van der Waals surface area contributed by atoms with Crippen LogP contribution in [0.25, 0.3) is 11.1 Å². The lowest BCUT2D eigenvalue weighted by molar-refractivity contribution is -0.0696. The molecule has 0 heterocycles. The predicted molar refractivity (Wildman–Crippen MR) is 118 cm³/mol. The average molecular weight is 476 g/mol. The molecule has 0 bridgehead atoms. The molecule has 178 valence electrons. The first-order valence-electron chi connectivity index (χ1n) is 10.7. The van der Waals surface area contributed by atoms with E-state index >= 15 is 0 Å². The van der Waals surface area contributed by atoms with E-state index in [1.54, 1.807) is 6.07 Å². The lowest BCUT2D eigenvalue weighted by atomic mass is 9.97. The zero-order valence-electron chi connectivity index (χ0n) is 18.3. The van der Waals surface area contributed by atoms with Crippen molar-refractivity contribution in [2.75, 3.05) is 0 Å². The van der Waals surface area contributed by atoms with Crippen LogP contribution >= 0.6 is 0 Å². The molecule has 0 aliphatic heterocycles. The third-order valence-electron chi connectivity index (χ3n) is 5.34. The van der Waals surface area contributed by atoms with Crippen LogP contribution in [0.5, 0.6) is 0 Å². The lowest BCUT2D eigenvalue weighted by Gasteiger charge is -2.11. The summed E-state index contributed by atoms with van der Waals surface area (Å²) in [6.45, 7) is 2.00. The molecule has 0 aliphatic carbocycles. The van der Waals surface area contributed by atoms with Gasteiger partial charge < -0.3 is 5.11 Å². The topological polar surface area (TPSA) is 20.2 Å². The molecule has 0 radical (unpaired) electrons. The van der Waals surface area contributed by atoms with Crippen molar-refractivity contribution in [2.24, 2.45) is 0 Å². The van der Waals surface area contributed by atoms with Crippen molar-refractivity contribution < 1.29 is 31.4 Å². The molecular formula is C27H22F6O. The van der Waals surface area contributed by atoms with Gasteiger partial charge in [-0.05, 0) is 59.7 Å². The van der Waals surface area contributed by atoms with Gasteiger partial charge >= 0.3 is 6.18 Å². The molecule has 0 saturated carbocycles. The van der Waals surface area contributed by atoms with E-state index in [4.69, 9.17) is 0 Å². The Morgan fingerprint density at radius 2 is 1.41 bits per heavy atom. The van der Waals surface area contributed by atoms with Crippen LogP contribution in [-0.4, -0.2) is 11.3 Å². The Labute approximate surface area is 194 Å². The predicted octanol–water partition coefficient (Wildman–Crippen LogP) is 7.30. The minimum absolute atomic E-state index is 0.0776. The number of alkyl halides is 3. The molecule has 0 aromatic heterocycles. The Bertz CT molecular complexity index is 1180. The second-order valence-corrected chi connectivity index (χ2v) is 7.92. The SMILES string of the molecule is CCCC(O)c1ccc(CCc2ccc(-c3cc(F)c(C#CC(F)(F)F)c(F)c3)c(F)c2)cc1. The van der Waals surface area contributed by atoms with Crippen molar-refractivity contribution in [3.05, 3.63) is 94.3 Å². The van der Waals surface area contributed by atoms with Crippen LogP contribution < -0.4 is 0 Å². The van der Waals surface area contributed by atoms with Gasteiger partial charge in [0.25, 0.3) is 0 Å². The van der Waals surface area contributed by atoms with E-state index in [0.29, 0.717) is 24.8 Å². The standard InChI is InChI=1S/C27H22F6O/c1-2-3-26(34)19-9-6-17(7-10-19)4-5-18-8-11-21(23(28)14-18)20-15-24(29)22(25(30)16-20)12-13-27(31,32)33/h6-11,14-16,26,34H,2-5H2,1H3. The van der Waals surface area contributed by atoms with Crippen LogP contribution in [-0.2, 0) is 12.8 Å². The summed E-state index contributed by atoms with van der Waals surface area (Å²) in [6.07, 6.45) is -2.69. The van der Waals surface area contributed by atoms with Gasteiger partial charge in [0.1, 0.15) is 17.5 Å². The average Bonchev–Trinajstić information content (AvgIpc) is 2.77. The molecule has 0 fully saturated rings. The molecule has 3 aromatic carbocycles. The monoisotopic (exact) mass is 476 g/mol. The molecule has 34 heavy (non-hydrogen) atoms. The normalized spacial score (nSPS) is 12.2. The molecule has 1 nitrogen and oxygen atoms in total. The summed E-state index contributed by atoms with van der Waals surface area (Å²) in [6, 6.07) is 13.3. The highest BCUT2D eigenvalue weighted by atomic mass is 19.4. The van der Waals surface area contributed by atoms with E-state index in [9.17, 15) is 31.4 Å². The van der Waals surface area contributed by atoms with E-state index in [0.717, 1.165) is 35.6 Å². The second kappa shape index (κ2) is 10.8. The molecule has 0 amide bonds. The van der Waals surface area contributed by atoms with Crippen LogP contribution in [0.3, 0.4) is 0 Å². The minimum atomic E-state index is -4.89. The molecule has 3 aromatic rings. The first-order valence-corrected chi connectivity index (χ1v) is 10.7. The Morgan fingerprint density at radius 1 is 0.824 bits per heavy atom. The largest absolute Gasteiger partial charge is 0.458 e. The Hall–Kier alpha value is -3.24. The highest BCUT2D eigenvalue weighted by Gasteiger charge is 2.24. The van der Waals surface area contributed by atoms with Crippen molar-refractivity contribution in [1.82, 2.24) is 0 Å². The third kappa shape index (κ3) is 6.64. The minimum Gasteiger partial charge on any atom is -0.388 e. The number of benzene rings is 3. The van der Waals surface area contributed by atoms with E-state index in [2.05, 4.69) is 0 Å². The zero-order chi connectivity index (χ0) is 24.9. The summed E-state index contributed by atoms with van der Waals surface area (Å²) >= 11 is 0. The van der Waals surface area contributed by atoms with Gasteiger partial charge in [-0.1, -0.05) is 55.7 Å². The number of aliphatic hydroxyl groups excluding tert-OH is 1. The molecule has 1 N–H and O–H groups in total. The van der Waals surface area contributed by atoms with Crippen molar-refractivity contribution in [2.45, 2.75) is 44.9 Å². The van der Waals surface area contributed by atoms with Gasteiger partial charge in [-0.25, -0.2) is 13.2 Å². The molecule has 0 saturated heterocycles. The maximum Gasteiger partial charge on any atom is 0.458 e. The molecule has 1 atom stereocenters. The van der Waals surface area contributed by atoms with Gasteiger partial charge in [0, 0.05) is 11.5 Å². The Kier molecular flexibility index (Phi) is 8.06. The fraction of sp³-hybridized carbons (Fsp3) is 0.259. The van der Waals surface area contributed by atoms with Crippen molar-refractivity contribution >= 4 is 0 Å². The molecular weight excluding hydrogens is 454 g/mol. The molecule has 3 rings (SSSR count). The van der Waals surface area contributed by atoms with Gasteiger partial charge in [-0.3, -0.25) is 0 Å². The number of aryl methyl sites for hydroxylation is 2. The molecule has 1 unspecified atom stereocenters. The fourth-order valence-electron chi connectivity index (χ4n) is 3.56. The summed E-state index contributed by atoms with van der Waals surface area (Å²) < 4.78 is 79.7. The Balaban J connectivity index is 1.73. The second-order valence-electron chi connectivity index (χ2n) is 7.92. The molecule has 0 aliphatic rings. The summed E-state index contributed by atoms with van der Waals surface area (Å²) in [5.74, 6) is -1.05. The van der Waals surface area contributed by atoms with Crippen LogP contribution in [0, 0.1) is 29.3 Å². The van der Waals surface area contributed by atoms with E-state index in [-0.39, 0.29) is 11.1 Å². The van der Waals surface area contributed by atoms with Gasteiger partial charge in [0.2, 0.25) is 0 Å². The maximum absolute atomic E-state index is 14.7. The number of rotatable bonds is 7. The maximum atomic E-state index is 14.7. The first-order chi connectivity index (χ1) is 16.1. The van der Waals surface area contributed by atoms with Crippen molar-refractivity contribution in [3.8, 4) is 23.0 Å². The smallest absolute Gasteiger partial charge is 0.388 e. The zero-order valence-corrected chi connectivity index (χ0v) is 18.3. The quantitative estimate of drug-likeness (QED) is 0.280. The third-order valence-corrected chi connectivity index (χ3v) is 5.34. The van der Waals surface area contributed by atoms with E-state index < -0.39 is 35.3 Å². The summed E-state index contributed by atoms with van der Waals surface area (Å²) in [5, 5.41) is 10.0. The highest BCUT2D eigenvalue weighted by molar-refractivity contribution is 5.66. The molecule has 0 spiro atoms. The number of hydrogen-bond acceptors (Lipinski definition) is 1. The van der Waals surface area contributed by atoms with Crippen LogP contribution in [0.4, 0.5) is 26.3 Å². The van der Waals surface area contributed by atoms with Gasteiger partial charge in [0.05, 0.1) is 11.7 Å². The van der Waals surface area contributed by atoms with Crippen LogP contribution in [0.1, 0.15) is 48.1 Å². The lowest BCUT2D eigenvalue weighted by Crippen LogP contribution is -2.02. The van der Waals surface area contributed by atoms with E-state index in [1.165, 1.54) is 18.1 Å². The van der Waals surface area contributed by atoms with Crippen molar-refractivity contribution in [3.63, 3.8) is 0 Å². The molecule has 7 heteroatoms. The first kappa shape index (κ1) is 25.4. The summed E-state index contributed by atoms with van der Waals surface area (Å²) in [7, 11) is 0. The van der Waals surface area contributed by atoms with Gasteiger partial charge in [0.15, 0.2) is 0 Å².